The summed E-state index contributed by atoms with van der Waals surface area (Å²) in [5, 5.41) is 13.0. The second-order valence-electron chi connectivity index (χ2n) is 5.16. The second kappa shape index (κ2) is 7.81. The highest BCUT2D eigenvalue weighted by atomic mass is 16.3. The molecule has 2 aromatic rings. The molecule has 0 bridgehead atoms. The van der Waals surface area contributed by atoms with Crippen molar-refractivity contribution in [3.63, 3.8) is 0 Å². The fraction of sp³-hybridized carbons (Fsp3) is 0.333. The fourth-order valence-corrected chi connectivity index (χ4v) is 2.41. The molecular weight excluding hydrogens is 260 g/mol. The number of rotatable bonds is 7. The smallest absolute Gasteiger partial charge is 0.0914 e. The van der Waals surface area contributed by atoms with Crippen molar-refractivity contribution in [2.45, 2.75) is 19.6 Å². The van der Waals surface area contributed by atoms with Crippen LogP contribution in [-0.2, 0) is 6.54 Å². The summed E-state index contributed by atoms with van der Waals surface area (Å²) in [4.78, 5) is 2.32. The molecule has 112 valence electrons. The summed E-state index contributed by atoms with van der Waals surface area (Å²) < 4.78 is 0. The van der Waals surface area contributed by atoms with Crippen LogP contribution in [0.2, 0.25) is 0 Å². The Labute approximate surface area is 127 Å². The number of likely N-dealkylation sites (N-methyl/N-ethyl adjacent to an activating group) is 1. The number of aliphatic hydroxyl groups is 1. The van der Waals surface area contributed by atoms with Crippen LogP contribution < -0.4 is 10.2 Å². The van der Waals surface area contributed by atoms with Gasteiger partial charge in [-0.25, -0.2) is 0 Å². The van der Waals surface area contributed by atoms with Crippen molar-refractivity contribution in [3.8, 4) is 0 Å². The molecule has 0 saturated carbocycles. The van der Waals surface area contributed by atoms with Gasteiger partial charge in [0, 0.05) is 25.3 Å². The normalized spacial score (nSPS) is 12.1. The number of anilines is 1. The van der Waals surface area contributed by atoms with Crippen LogP contribution in [0.4, 0.5) is 5.69 Å². The molecule has 3 nitrogen and oxygen atoms in total. The molecule has 0 spiro atoms. The topological polar surface area (TPSA) is 35.5 Å². The Morgan fingerprint density at radius 3 is 2.29 bits per heavy atom. The van der Waals surface area contributed by atoms with Gasteiger partial charge in [-0.05, 0) is 37.2 Å². The van der Waals surface area contributed by atoms with E-state index in [1.807, 2.05) is 25.2 Å². The Balaban J connectivity index is 2.08. The van der Waals surface area contributed by atoms with Gasteiger partial charge in [0.25, 0.3) is 0 Å². The zero-order valence-corrected chi connectivity index (χ0v) is 12.8. The highest BCUT2D eigenvalue weighted by Crippen LogP contribution is 2.20. The second-order valence-corrected chi connectivity index (χ2v) is 5.16. The Kier molecular flexibility index (Phi) is 5.78. The molecule has 1 unspecified atom stereocenters. The van der Waals surface area contributed by atoms with Crippen molar-refractivity contribution in [2.75, 3.05) is 25.0 Å². The van der Waals surface area contributed by atoms with Gasteiger partial charge < -0.3 is 15.3 Å². The minimum absolute atomic E-state index is 0.451. The van der Waals surface area contributed by atoms with Gasteiger partial charge in [0.15, 0.2) is 0 Å². The third kappa shape index (κ3) is 4.31. The van der Waals surface area contributed by atoms with Gasteiger partial charge in [0.05, 0.1) is 6.10 Å². The Hall–Kier alpha value is -1.84. The lowest BCUT2D eigenvalue weighted by atomic mass is 10.1. The monoisotopic (exact) mass is 284 g/mol. The lowest BCUT2D eigenvalue weighted by molar-refractivity contribution is 0.178. The molecular formula is C18H24N2O. The van der Waals surface area contributed by atoms with Gasteiger partial charge in [-0.3, -0.25) is 0 Å². The minimum Gasteiger partial charge on any atom is -0.387 e. The maximum absolute atomic E-state index is 9.97. The quantitative estimate of drug-likeness (QED) is 0.820. The summed E-state index contributed by atoms with van der Waals surface area (Å²) in [5.41, 5.74) is 3.43. The molecule has 2 N–H and O–H groups in total. The van der Waals surface area contributed by atoms with Crippen molar-refractivity contribution in [1.29, 1.82) is 0 Å². The van der Waals surface area contributed by atoms with Crippen molar-refractivity contribution in [2.24, 2.45) is 0 Å². The maximum Gasteiger partial charge on any atom is 0.0914 e. The van der Waals surface area contributed by atoms with Crippen LogP contribution >= 0.6 is 0 Å². The molecule has 0 aliphatic heterocycles. The molecule has 0 fully saturated rings. The van der Waals surface area contributed by atoms with E-state index >= 15 is 0 Å². The van der Waals surface area contributed by atoms with Gasteiger partial charge in [-0.1, -0.05) is 42.5 Å². The first-order chi connectivity index (χ1) is 10.2. The summed E-state index contributed by atoms with van der Waals surface area (Å²) in [5.74, 6) is 0. The van der Waals surface area contributed by atoms with Gasteiger partial charge in [-0.15, -0.1) is 0 Å². The molecule has 3 heteroatoms. The van der Waals surface area contributed by atoms with Crippen LogP contribution in [0, 0.1) is 0 Å². The van der Waals surface area contributed by atoms with Crippen molar-refractivity contribution in [1.82, 2.24) is 5.32 Å². The molecule has 0 saturated heterocycles. The van der Waals surface area contributed by atoms with Crippen LogP contribution in [-0.4, -0.2) is 25.2 Å². The van der Waals surface area contributed by atoms with Crippen molar-refractivity contribution in [3.05, 3.63) is 65.7 Å². The molecule has 0 amide bonds. The highest BCUT2D eigenvalue weighted by Gasteiger charge is 2.08. The molecule has 0 heterocycles. The first-order valence-electron chi connectivity index (χ1n) is 7.46. The number of benzene rings is 2. The Morgan fingerprint density at radius 1 is 1.05 bits per heavy atom. The fourth-order valence-electron chi connectivity index (χ4n) is 2.41. The summed E-state index contributed by atoms with van der Waals surface area (Å²) in [6.07, 6.45) is -0.451. The maximum atomic E-state index is 9.97. The molecule has 1 atom stereocenters. The number of hydrogen-bond donors (Lipinski definition) is 2. The summed E-state index contributed by atoms with van der Waals surface area (Å²) in [7, 11) is 1.84. The standard InChI is InChI=1S/C18H24N2O/c1-3-20(14-15-7-5-4-6-8-15)17-11-9-16(10-12-17)18(21)13-19-2/h4-12,18-19,21H,3,13-14H2,1-2H3. The van der Waals surface area contributed by atoms with Gasteiger partial charge >= 0.3 is 0 Å². The molecule has 21 heavy (non-hydrogen) atoms. The van der Waals surface area contributed by atoms with E-state index in [1.54, 1.807) is 0 Å². The zero-order chi connectivity index (χ0) is 15.1. The number of aliphatic hydroxyl groups excluding tert-OH is 1. The van der Waals surface area contributed by atoms with E-state index in [0.717, 1.165) is 18.7 Å². The highest BCUT2D eigenvalue weighted by molar-refractivity contribution is 5.48. The van der Waals surface area contributed by atoms with Gasteiger partial charge in [0.1, 0.15) is 0 Å². The first kappa shape index (κ1) is 15.5. The Bertz CT molecular complexity index is 525. The molecule has 2 aromatic carbocycles. The Morgan fingerprint density at radius 2 is 1.71 bits per heavy atom. The SMILES string of the molecule is CCN(Cc1ccccc1)c1ccc(C(O)CNC)cc1. The van der Waals surface area contributed by atoms with Crippen LogP contribution in [0.3, 0.4) is 0 Å². The number of nitrogens with one attached hydrogen (secondary N) is 1. The molecule has 0 radical (unpaired) electrons. The lowest BCUT2D eigenvalue weighted by Gasteiger charge is -2.24. The van der Waals surface area contributed by atoms with Crippen molar-refractivity contribution < 1.29 is 5.11 Å². The van der Waals surface area contributed by atoms with Gasteiger partial charge in [-0.2, -0.15) is 0 Å². The largest absolute Gasteiger partial charge is 0.387 e. The first-order valence-corrected chi connectivity index (χ1v) is 7.46. The average Bonchev–Trinajstić information content (AvgIpc) is 2.54. The van der Waals surface area contributed by atoms with Crippen LogP contribution in [0.15, 0.2) is 54.6 Å². The van der Waals surface area contributed by atoms with Crippen LogP contribution in [0.1, 0.15) is 24.2 Å². The van der Waals surface area contributed by atoms with Gasteiger partial charge in [0.2, 0.25) is 0 Å². The number of nitrogens with zero attached hydrogens (tertiary/aromatic N) is 1. The van der Waals surface area contributed by atoms with E-state index in [4.69, 9.17) is 0 Å². The van der Waals surface area contributed by atoms with Crippen LogP contribution in [0.25, 0.3) is 0 Å². The summed E-state index contributed by atoms with van der Waals surface area (Å²) >= 11 is 0. The van der Waals surface area contributed by atoms with E-state index in [0.29, 0.717) is 6.54 Å². The van der Waals surface area contributed by atoms with E-state index in [1.165, 1.54) is 11.3 Å². The van der Waals surface area contributed by atoms with E-state index in [2.05, 4.69) is 53.5 Å². The average molecular weight is 284 g/mol. The van der Waals surface area contributed by atoms with Crippen LogP contribution in [0.5, 0.6) is 0 Å². The van der Waals surface area contributed by atoms with E-state index in [9.17, 15) is 5.11 Å². The predicted molar refractivity (Wildman–Crippen MR) is 88.5 cm³/mol. The predicted octanol–water partition coefficient (Wildman–Crippen LogP) is 2.97. The number of hydrogen-bond acceptors (Lipinski definition) is 3. The minimum atomic E-state index is -0.451. The third-order valence-electron chi connectivity index (χ3n) is 3.64. The lowest BCUT2D eigenvalue weighted by Crippen LogP contribution is -2.22. The van der Waals surface area contributed by atoms with Crippen molar-refractivity contribution >= 4 is 5.69 Å². The third-order valence-corrected chi connectivity index (χ3v) is 3.64. The summed E-state index contributed by atoms with van der Waals surface area (Å²) in [6, 6.07) is 18.6. The molecule has 0 aliphatic carbocycles. The zero-order valence-electron chi connectivity index (χ0n) is 12.8. The van der Waals surface area contributed by atoms with E-state index in [-0.39, 0.29) is 0 Å². The molecule has 0 aromatic heterocycles. The summed E-state index contributed by atoms with van der Waals surface area (Å²) in [6.45, 7) is 4.58. The molecule has 0 aliphatic rings. The molecule has 2 rings (SSSR count). The van der Waals surface area contributed by atoms with E-state index < -0.39 is 6.10 Å².